The zero-order valence-corrected chi connectivity index (χ0v) is 11.2. The molecule has 2 aliphatic rings. The average molecular weight is 262 g/mol. The SMILES string of the molecule is O=C1CS[C@H](c2ccccn2)N1C1CCCCC1. The maximum Gasteiger partial charge on any atom is 0.234 e. The van der Waals surface area contributed by atoms with Crippen LogP contribution in [0.15, 0.2) is 24.4 Å². The van der Waals surface area contributed by atoms with Crippen molar-refractivity contribution in [3.63, 3.8) is 0 Å². The third-order valence-electron chi connectivity index (χ3n) is 3.81. The lowest BCUT2D eigenvalue weighted by molar-refractivity contribution is -0.131. The molecule has 1 atom stereocenters. The second-order valence-electron chi connectivity index (χ2n) is 5.01. The zero-order chi connectivity index (χ0) is 12.4. The van der Waals surface area contributed by atoms with Crippen LogP contribution in [0.5, 0.6) is 0 Å². The molecule has 0 spiro atoms. The van der Waals surface area contributed by atoms with E-state index in [0.29, 0.717) is 17.7 Å². The molecule has 3 nitrogen and oxygen atoms in total. The molecule has 1 saturated carbocycles. The van der Waals surface area contributed by atoms with Gasteiger partial charge in [0.25, 0.3) is 0 Å². The van der Waals surface area contributed by atoms with Gasteiger partial charge in [-0.1, -0.05) is 25.3 Å². The number of carbonyl (C=O) groups excluding carboxylic acids is 1. The number of pyridine rings is 1. The van der Waals surface area contributed by atoms with Crippen LogP contribution in [0.3, 0.4) is 0 Å². The molecular formula is C14H18N2OS. The van der Waals surface area contributed by atoms with Crippen LogP contribution in [-0.4, -0.2) is 27.6 Å². The number of carbonyl (C=O) groups is 1. The summed E-state index contributed by atoms with van der Waals surface area (Å²) in [6.45, 7) is 0. The van der Waals surface area contributed by atoms with Gasteiger partial charge in [-0.05, 0) is 25.0 Å². The Morgan fingerprint density at radius 1 is 1.22 bits per heavy atom. The molecule has 0 radical (unpaired) electrons. The highest BCUT2D eigenvalue weighted by atomic mass is 32.2. The predicted molar refractivity (Wildman–Crippen MR) is 73.2 cm³/mol. The van der Waals surface area contributed by atoms with E-state index in [1.807, 2.05) is 24.4 Å². The van der Waals surface area contributed by atoms with Crippen molar-refractivity contribution in [3.05, 3.63) is 30.1 Å². The molecule has 1 aliphatic heterocycles. The fourth-order valence-electron chi connectivity index (χ4n) is 2.94. The van der Waals surface area contributed by atoms with E-state index in [1.165, 1.54) is 19.3 Å². The summed E-state index contributed by atoms with van der Waals surface area (Å²) in [5.41, 5.74) is 1.03. The fourth-order valence-corrected chi connectivity index (χ4v) is 4.15. The van der Waals surface area contributed by atoms with Gasteiger partial charge in [0.2, 0.25) is 5.91 Å². The minimum atomic E-state index is 0.141. The molecule has 2 fully saturated rings. The van der Waals surface area contributed by atoms with Gasteiger partial charge >= 0.3 is 0 Å². The van der Waals surface area contributed by atoms with Crippen LogP contribution in [0.2, 0.25) is 0 Å². The van der Waals surface area contributed by atoms with Gasteiger partial charge in [-0.2, -0.15) is 0 Å². The van der Waals surface area contributed by atoms with E-state index in [-0.39, 0.29) is 5.37 Å². The number of hydrogen-bond acceptors (Lipinski definition) is 3. The van der Waals surface area contributed by atoms with E-state index < -0.39 is 0 Å². The van der Waals surface area contributed by atoms with Crippen molar-refractivity contribution in [1.82, 2.24) is 9.88 Å². The van der Waals surface area contributed by atoms with Crippen LogP contribution in [-0.2, 0) is 4.79 Å². The van der Waals surface area contributed by atoms with E-state index in [1.54, 1.807) is 11.8 Å². The Morgan fingerprint density at radius 2 is 2.06 bits per heavy atom. The maximum absolute atomic E-state index is 12.1. The summed E-state index contributed by atoms with van der Waals surface area (Å²) < 4.78 is 0. The minimum absolute atomic E-state index is 0.141. The van der Waals surface area contributed by atoms with Gasteiger partial charge < -0.3 is 4.90 Å². The Kier molecular flexibility index (Phi) is 3.55. The standard InChI is InChI=1S/C14H18N2OS/c17-13-10-18-14(12-8-4-5-9-15-12)16(13)11-6-2-1-3-7-11/h4-5,8-9,11,14H,1-3,6-7,10H2/t14-/m1/s1. The van der Waals surface area contributed by atoms with Crippen molar-refractivity contribution in [2.75, 3.05) is 5.75 Å². The van der Waals surface area contributed by atoms with Gasteiger partial charge in [-0.25, -0.2) is 0 Å². The first kappa shape index (κ1) is 12.0. The molecule has 1 aromatic heterocycles. The number of rotatable bonds is 2. The van der Waals surface area contributed by atoms with Crippen LogP contribution >= 0.6 is 11.8 Å². The first-order valence-corrected chi connectivity index (χ1v) is 7.75. The first-order valence-electron chi connectivity index (χ1n) is 6.70. The summed E-state index contributed by atoms with van der Waals surface area (Å²) in [6.07, 6.45) is 7.98. The smallest absolute Gasteiger partial charge is 0.234 e. The highest BCUT2D eigenvalue weighted by molar-refractivity contribution is 8.00. The van der Waals surface area contributed by atoms with E-state index in [0.717, 1.165) is 18.5 Å². The first-order chi connectivity index (χ1) is 8.86. The number of thioether (sulfide) groups is 1. The Balaban J connectivity index is 1.83. The van der Waals surface area contributed by atoms with Crippen molar-refractivity contribution in [2.45, 2.75) is 43.5 Å². The summed E-state index contributed by atoms with van der Waals surface area (Å²) in [5.74, 6) is 0.903. The van der Waals surface area contributed by atoms with Crippen LogP contribution < -0.4 is 0 Å². The van der Waals surface area contributed by atoms with Gasteiger partial charge in [0, 0.05) is 12.2 Å². The second-order valence-corrected chi connectivity index (χ2v) is 6.08. The van der Waals surface area contributed by atoms with Gasteiger partial charge in [0.1, 0.15) is 5.37 Å². The molecular weight excluding hydrogens is 244 g/mol. The maximum atomic E-state index is 12.1. The van der Waals surface area contributed by atoms with Gasteiger partial charge in [0.15, 0.2) is 0 Å². The van der Waals surface area contributed by atoms with E-state index in [9.17, 15) is 4.79 Å². The normalized spacial score (nSPS) is 25.7. The van der Waals surface area contributed by atoms with Gasteiger partial charge in [-0.3, -0.25) is 9.78 Å². The molecule has 1 aliphatic carbocycles. The molecule has 0 bridgehead atoms. The molecule has 0 aromatic carbocycles. The molecule has 0 unspecified atom stereocenters. The fraction of sp³-hybridized carbons (Fsp3) is 0.571. The molecule has 4 heteroatoms. The number of amides is 1. The molecule has 1 saturated heterocycles. The summed E-state index contributed by atoms with van der Waals surface area (Å²) in [7, 11) is 0. The third-order valence-corrected chi connectivity index (χ3v) is 5.01. The van der Waals surface area contributed by atoms with Crippen LogP contribution in [0.1, 0.15) is 43.2 Å². The lowest BCUT2D eigenvalue weighted by Gasteiger charge is -2.34. The molecule has 1 amide bonds. The van der Waals surface area contributed by atoms with Crippen molar-refractivity contribution in [1.29, 1.82) is 0 Å². The summed E-state index contributed by atoms with van der Waals surface area (Å²) in [6, 6.07) is 6.40. The molecule has 96 valence electrons. The highest BCUT2D eigenvalue weighted by Crippen LogP contribution is 2.41. The summed E-state index contributed by atoms with van der Waals surface area (Å²) >= 11 is 1.72. The van der Waals surface area contributed by atoms with Crippen LogP contribution in [0.4, 0.5) is 0 Å². The number of nitrogens with zero attached hydrogens (tertiary/aromatic N) is 2. The third kappa shape index (κ3) is 2.26. The lowest BCUT2D eigenvalue weighted by atomic mass is 9.94. The molecule has 18 heavy (non-hydrogen) atoms. The number of aromatic nitrogens is 1. The summed E-state index contributed by atoms with van der Waals surface area (Å²) in [5, 5.41) is 0.141. The Labute approximate surface area is 112 Å². The van der Waals surface area contributed by atoms with Crippen molar-refractivity contribution in [3.8, 4) is 0 Å². The molecule has 3 rings (SSSR count). The Morgan fingerprint density at radius 3 is 2.78 bits per heavy atom. The van der Waals surface area contributed by atoms with Crippen molar-refractivity contribution < 1.29 is 4.79 Å². The summed E-state index contributed by atoms with van der Waals surface area (Å²) in [4.78, 5) is 18.7. The van der Waals surface area contributed by atoms with Gasteiger partial charge in [0.05, 0.1) is 11.4 Å². The van der Waals surface area contributed by atoms with Crippen molar-refractivity contribution in [2.24, 2.45) is 0 Å². The topological polar surface area (TPSA) is 33.2 Å². The van der Waals surface area contributed by atoms with Crippen LogP contribution in [0.25, 0.3) is 0 Å². The van der Waals surface area contributed by atoms with E-state index in [4.69, 9.17) is 0 Å². The predicted octanol–water partition coefficient (Wildman–Crippen LogP) is 2.99. The van der Waals surface area contributed by atoms with Gasteiger partial charge in [-0.15, -0.1) is 11.8 Å². The Hall–Kier alpha value is -1.03. The molecule has 1 aromatic rings. The second kappa shape index (κ2) is 5.31. The minimum Gasteiger partial charge on any atom is -0.321 e. The number of hydrogen-bond donors (Lipinski definition) is 0. The van der Waals surface area contributed by atoms with Crippen LogP contribution in [0, 0.1) is 0 Å². The van der Waals surface area contributed by atoms with Crippen molar-refractivity contribution >= 4 is 17.7 Å². The zero-order valence-electron chi connectivity index (χ0n) is 10.4. The average Bonchev–Trinajstić information content (AvgIpc) is 2.83. The quantitative estimate of drug-likeness (QED) is 0.821. The largest absolute Gasteiger partial charge is 0.321 e. The highest BCUT2D eigenvalue weighted by Gasteiger charge is 2.38. The molecule has 2 heterocycles. The Bertz CT molecular complexity index is 417. The van der Waals surface area contributed by atoms with E-state index in [2.05, 4.69) is 9.88 Å². The lowest BCUT2D eigenvalue weighted by Crippen LogP contribution is -2.39. The van der Waals surface area contributed by atoms with E-state index >= 15 is 0 Å². The molecule has 0 N–H and O–H groups in total. The monoisotopic (exact) mass is 262 g/mol.